The molecular weight excluding hydrogens is 177 g/mol. The van der Waals surface area contributed by atoms with E-state index in [4.69, 9.17) is 5.73 Å². The van der Waals surface area contributed by atoms with Crippen LogP contribution in [0.15, 0.2) is 24.3 Å². The average molecular weight is 195 g/mol. The SMILES string of the molecule is CC(C)(F)Cc1ccccc1CCN. The minimum Gasteiger partial charge on any atom is -0.330 e. The first-order valence-corrected chi connectivity index (χ1v) is 4.99. The van der Waals surface area contributed by atoms with Crippen LogP contribution >= 0.6 is 0 Å². The van der Waals surface area contributed by atoms with E-state index in [0.717, 1.165) is 12.0 Å². The van der Waals surface area contributed by atoms with Gasteiger partial charge in [-0.05, 0) is 37.9 Å². The molecule has 0 spiro atoms. The van der Waals surface area contributed by atoms with E-state index in [2.05, 4.69) is 0 Å². The van der Waals surface area contributed by atoms with Crippen LogP contribution in [-0.4, -0.2) is 12.2 Å². The first-order valence-electron chi connectivity index (χ1n) is 4.99. The summed E-state index contributed by atoms with van der Waals surface area (Å²) in [6.45, 7) is 3.82. The summed E-state index contributed by atoms with van der Waals surface area (Å²) in [5, 5.41) is 0. The predicted octanol–water partition coefficient (Wildman–Crippen LogP) is 2.48. The van der Waals surface area contributed by atoms with E-state index in [1.54, 1.807) is 13.8 Å². The van der Waals surface area contributed by atoms with Gasteiger partial charge in [-0.2, -0.15) is 0 Å². The fourth-order valence-corrected chi connectivity index (χ4v) is 1.58. The van der Waals surface area contributed by atoms with Gasteiger partial charge in [0, 0.05) is 6.42 Å². The van der Waals surface area contributed by atoms with Crippen LogP contribution in [0, 0.1) is 0 Å². The van der Waals surface area contributed by atoms with Crippen LogP contribution in [0.25, 0.3) is 0 Å². The third kappa shape index (κ3) is 3.46. The fraction of sp³-hybridized carbons (Fsp3) is 0.500. The Bertz CT molecular complexity index is 289. The summed E-state index contributed by atoms with van der Waals surface area (Å²) in [7, 11) is 0. The molecule has 1 aromatic rings. The molecule has 14 heavy (non-hydrogen) atoms. The second-order valence-corrected chi connectivity index (χ2v) is 4.20. The van der Waals surface area contributed by atoms with Crippen LogP contribution in [-0.2, 0) is 12.8 Å². The normalized spacial score (nSPS) is 11.7. The number of hydrogen-bond donors (Lipinski definition) is 1. The Kier molecular flexibility index (Phi) is 3.64. The quantitative estimate of drug-likeness (QED) is 0.784. The van der Waals surface area contributed by atoms with Gasteiger partial charge in [0.1, 0.15) is 5.67 Å². The smallest absolute Gasteiger partial charge is 0.109 e. The highest BCUT2D eigenvalue weighted by Gasteiger charge is 2.17. The third-order valence-corrected chi connectivity index (χ3v) is 2.14. The monoisotopic (exact) mass is 195 g/mol. The van der Waals surface area contributed by atoms with Gasteiger partial charge >= 0.3 is 0 Å². The van der Waals surface area contributed by atoms with Crippen molar-refractivity contribution in [1.82, 2.24) is 0 Å². The minimum atomic E-state index is -1.15. The Labute approximate surface area is 85.1 Å². The van der Waals surface area contributed by atoms with E-state index >= 15 is 0 Å². The summed E-state index contributed by atoms with van der Waals surface area (Å²) in [4.78, 5) is 0. The number of alkyl halides is 1. The molecule has 0 aliphatic rings. The molecule has 0 saturated heterocycles. The van der Waals surface area contributed by atoms with Crippen LogP contribution in [0.3, 0.4) is 0 Å². The van der Waals surface area contributed by atoms with E-state index in [1.165, 1.54) is 5.56 Å². The standard InChI is InChI=1S/C12H18FN/c1-12(2,13)9-11-6-4-3-5-10(11)7-8-14/h3-6H,7-9,14H2,1-2H3. The zero-order valence-corrected chi connectivity index (χ0v) is 8.89. The number of hydrogen-bond acceptors (Lipinski definition) is 1. The van der Waals surface area contributed by atoms with E-state index in [0.29, 0.717) is 13.0 Å². The Balaban J connectivity index is 2.84. The molecule has 0 atom stereocenters. The van der Waals surface area contributed by atoms with Gasteiger partial charge in [0.15, 0.2) is 0 Å². The summed E-state index contributed by atoms with van der Waals surface area (Å²) in [6, 6.07) is 7.92. The largest absolute Gasteiger partial charge is 0.330 e. The average Bonchev–Trinajstić information content (AvgIpc) is 2.06. The van der Waals surface area contributed by atoms with Gasteiger partial charge in [-0.15, -0.1) is 0 Å². The molecule has 78 valence electrons. The number of rotatable bonds is 4. The molecule has 0 bridgehead atoms. The van der Waals surface area contributed by atoms with Crippen LogP contribution in [0.4, 0.5) is 4.39 Å². The summed E-state index contributed by atoms with van der Waals surface area (Å²) >= 11 is 0. The van der Waals surface area contributed by atoms with Gasteiger partial charge in [0.05, 0.1) is 0 Å². The van der Waals surface area contributed by atoms with Gasteiger partial charge in [-0.25, -0.2) is 4.39 Å². The Hall–Kier alpha value is -0.890. The Morgan fingerprint density at radius 3 is 2.29 bits per heavy atom. The Morgan fingerprint density at radius 2 is 1.79 bits per heavy atom. The topological polar surface area (TPSA) is 26.0 Å². The third-order valence-electron chi connectivity index (χ3n) is 2.14. The van der Waals surface area contributed by atoms with E-state index < -0.39 is 5.67 Å². The van der Waals surface area contributed by atoms with Crippen LogP contribution < -0.4 is 5.73 Å². The molecule has 0 aliphatic heterocycles. The molecule has 1 aromatic carbocycles. The molecule has 0 fully saturated rings. The first-order chi connectivity index (χ1) is 6.53. The van der Waals surface area contributed by atoms with E-state index in [9.17, 15) is 4.39 Å². The van der Waals surface area contributed by atoms with Crippen molar-refractivity contribution in [2.24, 2.45) is 5.73 Å². The van der Waals surface area contributed by atoms with Crippen molar-refractivity contribution in [3.63, 3.8) is 0 Å². The molecule has 0 saturated carbocycles. The predicted molar refractivity (Wildman–Crippen MR) is 58.1 cm³/mol. The molecule has 1 rings (SSSR count). The fourth-order valence-electron chi connectivity index (χ4n) is 1.58. The molecule has 1 nitrogen and oxygen atoms in total. The highest BCUT2D eigenvalue weighted by molar-refractivity contribution is 5.28. The van der Waals surface area contributed by atoms with Gasteiger partial charge < -0.3 is 5.73 Å². The second kappa shape index (κ2) is 4.56. The van der Waals surface area contributed by atoms with Crippen LogP contribution in [0.5, 0.6) is 0 Å². The lowest BCUT2D eigenvalue weighted by molar-refractivity contribution is 0.216. The number of benzene rings is 1. The van der Waals surface area contributed by atoms with Gasteiger partial charge in [-0.1, -0.05) is 24.3 Å². The highest BCUT2D eigenvalue weighted by Crippen LogP contribution is 2.19. The number of nitrogens with two attached hydrogens (primary N) is 1. The number of halogens is 1. The van der Waals surface area contributed by atoms with Crippen molar-refractivity contribution >= 4 is 0 Å². The lowest BCUT2D eigenvalue weighted by Crippen LogP contribution is -2.17. The van der Waals surface area contributed by atoms with Crippen molar-refractivity contribution < 1.29 is 4.39 Å². The minimum absolute atomic E-state index is 0.461. The van der Waals surface area contributed by atoms with Crippen LogP contribution in [0.2, 0.25) is 0 Å². The molecule has 0 unspecified atom stereocenters. The molecular formula is C12H18FN. The molecule has 2 N–H and O–H groups in total. The van der Waals surface area contributed by atoms with Crippen molar-refractivity contribution in [1.29, 1.82) is 0 Å². The van der Waals surface area contributed by atoms with Crippen molar-refractivity contribution in [2.45, 2.75) is 32.4 Å². The molecule has 0 heterocycles. The van der Waals surface area contributed by atoms with E-state index in [1.807, 2.05) is 24.3 Å². The highest BCUT2D eigenvalue weighted by atomic mass is 19.1. The van der Waals surface area contributed by atoms with Crippen molar-refractivity contribution in [2.75, 3.05) is 6.54 Å². The lowest BCUT2D eigenvalue weighted by atomic mass is 9.95. The van der Waals surface area contributed by atoms with Crippen molar-refractivity contribution in [3.8, 4) is 0 Å². The summed E-state index contributed by atoms with van der Waals surface area (Å²) in [5.74, 6) is 0. The van der Waals surface area contributed by atoms with Gasteiger partial charge in [-0.3, -0.25) is 0 Å². The van der Waals surface area contributed by atoms with Gasteiger partial charge in [0.25, 0.3) is 0 Å². The van der Waals surface area contributed by atoms with E-state index in [-0.39, 0.29) is 0 Å². The molecule has 2 heteroatoms. The zero-order chi connectivity index (χ0) is 10.6. The summed E-state index contributed by atoms with van der Waals surface area (Å²) in [6.07, 6.45) is 1.29. The Morgan fingerprint density at radius 1 is 1.21 bits per heavy atom. The first kappa shape index (κ1) is 11.2. The lowest BCUT2D eigenvalue weighted by Gasteiger charge is -2.16. The molecule has 0 amide bonds. The summed E-state index contributed by atoms with van der Waals surface area (Å²) in [5.41, 5.74) is 6.59. The zero-order valence-electron chi connectivity index (χ0n) is 8.89. The molecule has 0 radical (unpaired) electrons. The maximum Gasteiger partial charge on any atom is 0.109 e. The molecule has 0 aromatic heterocycles. The maximum atomic E-state index is 13.5. The second-order valence-electron chi connectivity index (χ2n) is 4.20. The van der Waals surface area contributed by atoms with Crippen LogP contribution in [0.1, 0.15) is 25.0 Å². The van der Waals surface area contributed by atoms with Gasteiger partial charge in [0.2, 0.25) is 0 Å². The maximum absolute atomic E-state index is 13.5. The van der Waals surface area contributed by atoms with Crippen molar-refractivity contribution in [3.05, 3.63) is 35.4 Å². The summed E-state index contributed by atoms with van der Waals surface area (Å²) < 4.78 is 13.5. The molecule has 0 aliphatic carbocycles.